The smallest absolute Gasteiger partial charge is 0.185 e. The third kappa shape index (κ3) is 1.14. The second kappa shape index (κ2) is 3.15. The minimum atomic E-state index is -0.653. The average molecular weight is 261 g/mol. The molecule has 0 radical (unpaired) electrons. The molecule has 0 spiro atoms. The molecule has 0 aromatic rings. The summed E-state index contributed by atoms with van der Waals surface area (Å²) in [7, 11) is 1.62. The molecule has 0 aromatic heterocycles. The minimum Gasteiger partial charge on any atom is -0.352 e. The minimum absolute atomic E-state index is 0.0892. The van der Waals surface area contributed by atoms with Crippen LogP contribution in [0.1, 0.15) is 13.3 Å². The summed E-state index contributed by atoms with van der Waals surface area (Å²) >= 11 is 3.52. The van der Waals surface area contributed by atoms with Crippen molar-refractivity contribution in [1.82, 2.24) is 0 Å². The van der Waals surface area contributed by atoms with Gasteiger partial charge in [0.1, 0.15) is 6.29 Å². The molecule has 0 saturated carbocycles. The van der Waals surface area contributed by atoms with Crippen molar-refractivity contribution in [2.24, 2.45) is 5.41 Å². The highest BCUT2D eigenvalue weighted by Gasteiger charge is 2.59. The van der Waals surface area contributed by atoms with Crippen molar-refractivity contribution in [3.8, 4) is 0 Å². The number of ether oxygens (including phenoxy) is 2. The van der Waals surface area contributed by atoms with Crippen LogP contribution in [0, 0.1) is 5.41 Å². The van der Waals surface area contributed by atoms with Crippen LogP contribution >= 0.6 is 15.9 Å². The fourth-order valence-electron chi connectivity index (χ4n) is 2.32. The maximum atomic E-state index is 11.1. The van der Waals surface area contributed by atoms with Crippen LogP contribution in [0.25, 0.3) is 0 Å². The standard InChI is InChI=1S/C10H13BrO3/c1-7-3-9(5-12)6-14-10(4-7,13-2)8(9)11/h3,5,8H,4,6H2,1-2H3/t8-,9+,10-/m0/s1. The quantitative estimate of drug-likeness (QED) is 0.431. The van der Waals surface area contributed by atoms with Crippen LogP contribution in [-0.2, 0) is 14.3 Å². The van der Waals surface area contributed by atoms with Crippen molar-refractivity contribution >= 4 is 22.2 Å². The Morgan fingerprint density at radius 3 is 3.07 bits per heavy atom. The van der Waals surface area contributed by atoms with Crippen LogP contribution in [-0.4, -0.2) is 30.6 Å². The number of aldehydes is 1. The van der Waals surface area contributed by atoms with E-state index in [9.17, 15) is 4.79 Å². The van der Waals surface area contributed by atoms with E-state index in [0.29, 0.717) is 6.61 Å². The van der Waals surface area contributed by atoms with E-state index in [1.807, 2.05) is 13.0 Å². The van der Waals surface area contributed by atoms with E-state index >= 15 is 0 Å². The van der Waals surface area contributed by atoms with Crippen molar-refractivity contribution in [2.75, 3.05) is 13.7 Å². The fourth-order valence-corrected chi connectivity index (χ4v) is 3.17. The Morgan fingerprint density at radius 1 is 1.79 bits per heavy atom. The van der Waals surface area contributed by atoms with Crippen molar-refractivity contribution in [3.63, 3.8) is 0 Å². The summed E-state index contributed by atoms with van der Waals surface area (Å²) in [5.74, 6) is -0.653. The highest BCUT2D eigenvalue weighted by Crippen LogP contribution is 2.51. The molecule has 0 aromatic carbocycles. The van der Waals surface area contributed by atoms with Crippen LogP contribution in [0.5, 0.6) is 0 Å². The Morgan fingerprint density at radius 2 is 2.50 bits per heavy atom. The van der Waals surface area contributed by atoms with Gasteiger partial charge in [0, 0.05) is 13.5 Å². The number of halogens is 1. The highest BCUT2D eigenvalue weighted by molar-refractivity contribution is 9.09. The number of fused-ring (bicyclic) bond motifs is 2. The predicted molar refractivity (Wildman–Crippen MR) is 55.3 cm³/mol. The van der Waals surface area contributed by atoms with E-state index in [2.05, 4.69) is 15.9 Å². The molecule has 1 aliphatic heterocycles. The third-order valence-electron chi connectivity index (χ3n) is 3.03. The van der Waals surface area contributed by atoms with Crippen molar-refractivity contribution in [1.29, 1.82) is 0 Å². The number of hydrogen-bond donors (Lipinski definition) is 0. The van der Waals surface area contributed by atoms with Crippen LogP contribution in [0.15, 0.2) is 11.6 Å². The lowest BCUT2D eigenvalue weighted by Gasteiger charge is -2.36. The first-order chi connectivity index (χ1) is 6.58. The lowest BCUT2D eigenvalue weighted by Crippen LogP contribution is -2.46. The molecule has 0 N–H and O–H groups in total. The van der Waals surface area contributed by atoms with Gasteiger partial charge in [-0.2, -0.15) is 0 Å². The van der Waals surface area contributed by atoms with E-state index in [1.165, 1.54) is 0 Å². The van der Waals surface area contributed by atoms with Gasteiger partial charge >= 0.3 is 0 Å². The van der Waals surface area contributed by atoms with E-state index in [0.717, 1.165) is 18.3 Å². The second-order valence-electron chi connectivity index (χ2n) is 4.06. The van der Waals surface area contributed by atoms with E-state index in [4.69, 9.17) is 9.47 Å². The molecule has 0 amide bonds. The van der Waals surface area contributed by atoms with Gasteiger partial charge in [0.15, 0.2) is 5.79 Å². The molecule has 3 nitrogen and oxygen atoms in total. The lowest BCUT2D eigenvalue weighted by molar-refractivity contribution is -0.187. The first-order valence-corrected chi connectivity index (χ1v) is 5.48. The lowest BCUT2D eigenvalue weighted by atomic mass is 9.78. The molecule has 14 heavy (non-hydrogen) atoms. The normalized spacial score (nSPS) is 46.2. The Bertz CT molecular complexity index is 302. The van der Waals surface area contributed by atoms with E-state index in [1.54, 1.807) is 7.11 Å². The number of carbonyl (C=O) groups excluding carboxylic acids is 1. The second-order valence-corrected chi connectivity index (χ2v) is 4.98. The first-order valence-electron chi connectivity index (χ1n) is 4.56. The summed E-state index contributed by atoms with van der Waals surface area (Å²) in [6.07, 6.45) is 3.66. The molecule has 2 rings (SSSR count). The fraction of sp³-hybridized carbons (Fsp3) is 0.700. The number of carbonyl (C=O) groups is 1. The van der Waals surface area contributed by atoms with Gasteiger partial charge in [0.25, 0.3) is 0 Å². The van der Waals surface area contributed by atoms with Gasteiger partial charge in [-0.1, -0.05) is 27.6 Å². The zero-order chi connectivity index (χ0) is 10.4. The SMILES string of the molecule is CO[C@@]12CC(C)=C[C@@](C=O)(CO1)[C@@H]2Br. The Balaban J connectivity index is 2.47. The summed E-state index contributed by atoms with van der Waals surface area (Å²) in [6, 6.07) is 0. The van der Waals surface area contributed by atoms with Crippen LogP contribution < -0.4 is 0 Å². The first kappa shape index (κ1) is 10.3. The summed E-state index contributed by atoms with van der Waals surface area (Å²) < 4.78 is 11.0. The highest BCUT2D eigenvalue weighted by atomic mass is 79.9. The Kier molecular flexibility index (Phi) is 2.33. The van der Waals surface area contributed by atoms with Crippen molar-refractivity contribution in [2.45, 2.75) is 24.0 Å². The topological polar surface area (TPSA) is 35.5 Å². The molecule has 2 bridgehead atoms. The van der Waals surface area contributed by atoms with Gasteiger partial charge in [0.2, 0.25) is 0 Å². The Labute approximate surface area is 91.6 Å². The van der Waals surface area contributed by atoms with Gasteiger partial charge in [-0.25, -0.2) is 0 Å². The van der Waals surface area contributed by atoms with Crippen LogP contribution in [0.2, 0.25) is 0 Å². The number of methoxy groups -OCH3 is 1. The Hall–Kier alpha value is -0.190. The number of hydrogen-bond acceptors (Lipinski definition) is 3. The number of rotatable bonds is 2. The van der Waals surface area contributed by atoms with E-state index < -0.39 is 11.2 Å². The molecule has 1 fully saturated rings. The predicted octanol–water partition coefficient (Wildman–Crippen LogP) is 1.66. The van der Waals surface area contributed by atoms with E-state index in [-0.39, 0.29) is 4.83 Å². The number of alkyl halides is 1. The molecule has 4 heteroatoms. The maximum Gasteiger partial charge on any atom is 0.185 e. The molecule has 0 unspecified atom stereocenters. The monoisotopic (exact) mass is 260 g/mol. The average Bonchev–Trinajstić information content (AvgIpc) is 2.36. The van der Waals surface area contributed by atoms with Crippen LogP contribution in [0.3, 0.4) is 0 Å². The largest absolute Gasteiger partial charge is 0.352 e. The zero-order valence-electron chi connectivity index (χ0n) is 8.25. The molecular weight excluding hydrogens is 248 g/mol. The summed E-state index contributed by atoms with van der Waals surface area (Å²) in [5.41, 5.74) is 0.602. The van der Waals surface area contributed by atoms with Crippen molar-refractivity contribution in [3.05, 3.63) is 11.6 Å². The molecule has 1 aliphatic carbocycles. The van der Waals surface area contributed by atoms with Crippen LogP contribution in [0.4, 0.5) is 0 Å². The van der Waals surface area contributed by atoms with Gasteiger partial charge in [-0.3, -0.25) is 0 Å². The zero-order valence-corrected chi connectivity index (χ0v) is 9.83. The van der Waals surface area contributed by atoms with Gasteiger partial charge in [0.05, 0.1) is 16.8 Å². The maximum absolute atomic E-state index is 11.1. The van der Waals surface area contributed by atoms with Crippen molar-refractivity contribution < 1.29 is 14.3 Å². The summed E-state index contributed by atoms with van der Waals surface area (Å²) in [6.45, 7) is 2.40. The molecule has 3 atom stereocenters. The molecular formula is C10H13BrO3. The molecule has 1 heterocycles. The summed E-state index contributed by atoms with van der Waals surface area (Å²) in [5, 5.41) is 0. The molecule has 78 valence electrons. The summed E-state index contributed by atoms with van der Waals surface area (Å²) in [4.78, 5) is 11.1. The van der Waals surface area contributed by atoms with Gasteiger partial charge in [-0.15, -0.1) is 0 Å². The van der Waals surface area contributed by atoms with Gasteiger partial charge in [-0.05, 0) is 6.92 Å². The third-order valence-corrected chi connectivity index (χ3v) is 4.58. The molecule has 2 aliphatic rings. The molecule has 1 saturated heterocycles. The van der Waals surface area contributed by atoms with Gasteiger partial charge < -0.3 is 14.3 Å².